The van der Waals surface area contributed by atoms with Gasteiger partial charge in [0.15, 0.2) is 5.78 Å². The summed E-state index contributed by atoms with van der Waals surface area (Å²) in [6, 6.07) is 5.81. The summed E-state index contributed by atoms with van der Waals surface area (Å²) in [6.07, 6.45) is 0.811. The van der Waals surface area contributed by atoms with Gasteiger partial charge in [0, 0.05) is 23.2 Å². The van der Waals surface area contributed by atoms with E-state index < -0.39 is 0 Å². The van der Waals surface area contributed by atoms with Crippen LogP contribution in [-0.4, -0.2) is 22.6 Å². The highest BCUT2D eigenvalue weighted by molar-refractivity contribution is 9.10. The number of Topliss-reactive ketones (excluding diaryl/α,β-unsaturated/α-hetero) is 1. The molecule has 2 atom stereocenters. The highest BCUT2D eigenvalue weighted by atomic mass is 79.9. The molecule has 0 radical (unpaired) electrons. The minimum atomic E-state index is -0.187. The molecule has 2 unspecified atom stereocenters. The molecule has 0 saturated carbocycles. The van der Waals surface area contributed by atoms with E-state index in [1.165, 1.54) is 0 Å². The number of fused-ring (bicyclic) bond motifs is 1. The number of hydrogen-bond donors (Lipinski definition) is 0. The zero-order valence-electron chi connectivity index (χ0n) is 12.3. The molecule has 1 aliphatic rings. The molecule has 0 saturated heterocycles. The van der Waals surface area contributed by atoms with Crippen molar-refractivity contribution in [1.29, 1.82) is 0 Å². The lowest BCUT2D eigenvalue weighted by Gasteiger charge is -2.24. The Morgan fingerprint density at radius 2 is 1.95 bits per heavy atom. The lowest BCUT2D eigenvalue weighted by atomic mass is 10.0. The van der Waals surface area contributed by atoms with Crippen molar-refractivity contribution in [1.82, 2.24) is 0 Å². The molecule has 4 heteroatoms. The van der Waals surface area contributed by atoms with E-state index in [4.69, 9.17) is 0 Å². The zero-order chi connectivity index (χ0) is 15.0. The van der Waals surface area contributed by atoms with E-state index in [0.29, 0.717) is 5.56 Å². The van der Waals surface area contributed by atoms with E-state index in [1.807, 2.05) is 43.9 Å². The molecule has 1 heterocycles. The Bertz CT molecular complexity index is 551. The van der Waals surface area contributed by atoms with Crippen molar-refractivity contribution in [3.63, 3.8) is 0 Å². The van der Waals surface area contributed by atoms with E-state index in [1.54, 1.807) is 0 Å². The van der Waals surface area contributed by atoms with Gasteiger partial charge in [0.1, 0.15) is 0 Å². The van der Waals surface area contributed by atoms with Gasteiger partial charge in [0.25, 0.3) is 0 Å². The first-order valence-corrected chi connectivity index (χ1v) is 7.88. The van der Waals surface area contributed by atoms with Gasteiger partial charge in [-0.1, -0.05) is 29.8 Å². The monoisotopic (exact) mass is 337 g/mol. The summed E-state index contributed by atoms with van der Waals surface area (Å²) >= 11 is 3.31. The Kier molecular flexibility index (Phi) is 4.33. The summed E-state index contributed by atoms with van der Waals surface area (Å²) < 4.78 is 0. The van der Waals surface area contributed by atoms with E-state index in [9.17, 15) is 9.59 Å². The second-order valence-electron chi connectivity index (χ2n) is 5.74. The molecule has 3 nitrogen and oxygen atoms in total. The molecule has 0 bridgehead atoms. The van der Waals surface area contributed by atoms with Crippen molar-refractivity contribution in [2.75, 3.05) is 4.90 Å². The smallest absolute Gasteiger partial charge is 0.229 e. The fraction of sp³-hybridized carbons (Fsp3) is 0.500. The third kappa shape index (κ3) is 2.66. The largest absolute Gasteiger partial charge is 0.309 e. The predicted octanol–water partition coefficient (Wildman–Crippen LogP) is 3.59. The number of rotatable bonds is 3. The minimum absolute atomic E-state index is 0.0210. The summed E-state index contributed by atoms with van der Waals surface area (Å²) in [7, 11) is 0. The maximum Gasteiger partial charge on any atom is 0.229 e. The van der Waals surface area contributed by atoms with Gasteiger partial charge >= 0.3 is 0 Å². The first-order valence-electron chi connectivity index (χ1n) is 6.97. The number of halogens is 1. The van der Waals surface area contributed by atoms with Crippen LogP contribution in [0.4, 0.5) is 5.69 Å². The number of hydrogen-bond acceptors (Lipinski definition) is 2. The Hall–Kier alpha value is -1.16. The normalized spacial score (nSPS) is 19.1. The van der Waals surface area contributed by atoms with Gasteiger partial charge in [-0.15, -0.1) is 0 Å². The van der Waals surface area contributed by atoms with Crippen molar-refractivity contribution < 1.29 is 9.59 Å². The molecule has 0 aromatic heterocycles. The standard InChI is InChI=1S/C16H20BrNO2/c1-9(2)16(20)18-10(3)7-13-8-12(5-6-14(13)18)15(19)11(4)17/h5-6,8-11H,7H2,1-4H3. The van der Waals surface area contributed by atoms with E-state index in [0.717, 1.165) is 17.7 Å². The molecule has 2 rings (SSSR count). The molecular formula is C16H20BrNO2. The van der Waals surface area contributed by atoms with Gasteiger partial charge in [-0.2, -0.15) is 0 Å². The highest BCUT2D eigenvalue weighted by Gasteiger charge is 2.32. The number of anilines is 1. The molecule has 1 aromatic rings. The van der Waals surface area contributed by atoms with Crippen LogP contribution >= 0.6 is 15.9 Å². The average Bonchev–Trinajstić information content (AvgIpc) is 2.71. The molecule has 1 aromatic carbocycles. The number of nitrogens with zero attached hydrogens (tertiary/aromatic N) is 1. The van der Waals surface area contributed by atoms with Crippen LogP contribution in [0.5, 0.6) is 0 Å². The summed E-state index contributed by atoms with van der Waals surface area (Å²) in [4.78, 5) is 26.0. The van der Waals surface area contributed by atoms with Crippen LogP contribution in [0.15, 0.2) is 18.2 Å². The molecule has 1 amide bonds. The number of ketones is 1. The second-order valence-corrected chi connectivity index (χ2v) is 7.11. The van der Waals surface area contributed by atoms with Crippen LogP contribution in [0.3, 0.4) is 0 Å². The summed E-state index contributed by atoms with van der Waals surface area (Å²) in [5.74, 6) is 0.200. The number of carbonyl (C=O) groups is 2. The molecule has 108 valence electrons. The predicted molar refractivity (Wildman–Crippen MR) is 84.7 cm³/mol. The fourth-order valence-corrected chi connectivity index (χ4v) is 2.89. The van der Waals surface area contributed by atoms with Crippen LogP contribution < -0.4 is 4.90 Å². The van der Waals surface area contributed by atoms with Crippen molar-refractivity contribution in [2.45, 2.75) is 45.0 Å². The Morgan fingerprint density at radius 1 is 1.30 bits per heavy atom. The second kappa shape index (κ2) is 5.68. The summed E-state index contributed by atoms with van der Waals surface area (Å²) in [5, 5.41) is 0. The lowest BCUT2D eigenvalue weighted by molar-refractivity contribution is -0.121. The van der Waals surface area contributed by atoms with Gasteiger partial charge in [0.05, 0.1) is 4.83 Å². The molecule has 0 N–H and O–H groups in total. The first kappa shape index (κ1) is 15.2. The van der Waals surface area contributed by atoms with Crippen LogP contribution in [0.1, 0.15) is 43.6 Å². The third-order valence-electron chi connectivity index (χ3n) is 3.67. The average molecular weight is 338 g/mol. The SMILES string of the molecule is CC(C)C(=O)N1c2ccc(C(=O)C(C)Br)cc2CC1C. The quantitative estimate of drug-likeness (QED) is 0.624. The first-order chi connectivity index (χ1) is 9.32. The van der Waals surface area contributed by atoms with Gasteiger partial charge < -0.3 is 4.90 Å². The fourth-order valence-electron chi connectivity index (χ4n) is 2.63. The summed E-state index contributed by atoms with van der Waals surface area (Å²) in [6.45, 7) is 7.70. The molecule has 0 aliphatic carbocycles. The van der Waals surface area contributed by atoms with Crippen molar-refractivity contribution in [2.24, 2.45) is 5.92 Å². The Balaban J connectivity index is 2.37. The zero-order valence-corrected chi connectivity index (χ0v) is 13.9. The lowest BCUT2D eigenvalue weighted by Crippen LogP contribution is -2.38. The Labute approximate surface area is 128 Å². The van der Waals surface area contributed by atoms with Crippen LogP contribution in [-0.2, 0) is 11.2 Å². The Morgan fingerprint density at radius 3 is 2.50 bits per heavy atom. The molecule has 0 fully saturated rings. The number of alkyl halides is 1. The number of benzene rings is 1. The maximum atomic E-state index is 12.3. The van der Waals surface area contributed by atoms with Gasteiger partial charge in [-0.05, 0) is 44.0 Å². The van der Waals surface area contributed by atoms with Crippen LogP contribution in [0.25, 0.3) is 0 Å². The van der Waals surface area contributed by atoms with Gasteiger partial charge in [-0.25, -0.2) is 0 Å². The van der Waals surface area contributed by atoms with Crippen LogP contribution in [0, 0.1) is 5.92 Å². The van der Waals surface area contributed by atoms with Gasteiger partial charge in [0.2, 0.25) is 5.91 Å². The molecular weight excluding hydrogens is 318 g/mol. The number of amides is 1. The van der Waals surface area contributed by atoms with Gasteiger partial charge in [-0.3, -0.25) is 9.59 Å². The van der Waals surface area contributed by atoms with Crippen molar-refractivity contribution >= 4 is 33.3 Å². The van der Waals surface area contributed by atoms with E-state index in [2.05, 4.69) is 22.9 Å². The van der Waals surface area contributed by atoms with E-state index >= 15 is 0 Å². The molecule has 0 spiro atoms. The van der Waals surface area contributed by atoms with Crippen LogP contribution in [0.2, 0.25) is 0 Å². The highest BCUT2D eigenvalue weighted by Crippen LogP contribution is 2.34. The minimum Gasteiger partial charge on any atom is -0.309 e. The number of carbonyl (C=O) groups excluding carboxylic acids is 2. The third-order valence-corrected chi connectivity index (χ3v) is 4.09. The maximum absolute atomic E-state index is 12.3. The van der Waals surface area contributed by atoms with Crippen molar-refractivity contribution in [3.8, 4) is 0 Å². The van der Waals surface area contributed by atoms with E-state index in [-0.39, 0.29) is 28.5 Å². The molecule has 20 heavy (non-hydrogen) atoms. The topological polar surface area (TPSA) is 37.4 Å². The van der Waals surface area contributed by atoms with Crippen molar-refractivity contribution in [3.05, 3.63) is 29.3 Å². The summed E-state index contributed by atoms with van der Waals surface area (Å²) in [5.41, 5.74) is 2.75. The molecule has 1 aliphatic heterocycles.